The van der Waals surface area contributed by atoms with E-state index in [2.05, 4.69) is 5.32 Å². The third kappa shape index (κ3) is 4.13. The second kappa shape index (κ2) is 6.87. The summed E-state index contributed by atoms with van der Waals surface area (Å²) in [6.07, 6.45) is 0. The van der Waals surface area contributed by atoms with Crippen LogP contribution in [-0.4, -0.2) is 24.7 Å². The Balaban J connectivity index is 1.97. The summed E-state index contributed by atoms with van der Waals surface area (Å²) in [5.41, 5.74) is -0.361. The van der Waals surface area contributed by atoms with Crippen molar-refractivity contribution in [2.75, 3.05) is 13.7 Å². The number of benzene rings is 1. The van der Waals surface area contributed by atoms with E-state index < -0.39 is 5.60 Å². The number of furan rings is 1. The first-order chi connectivity index (χ1) is 10.8. The Morgan fingerprint density at radius 1 is 1.30 bits per heavy atom. The van der Waals surface area contributed by atoms with Crippen LogP contribution in [0.1, 0.15) is 36.8 Å². The second-order valence-corrected chi connectivity index (χ2v) is 5.90. The molecule has 2 atom stereocenters. The maximum absolute atomic E-state index is 12.3. The molecule has 2 rings (SSSR count). The van der Waals surface area contributed by atoms with E-state index in [1.165, 1.54) is 0 Å². The first-order valence-corrected chi connectivity index (χ1v) is 7.54. The Morgan fingerprint density at radius 2 is 1.96 bits per heavy atom. The average molecular weight is 317 g/mol. The van der Waals surface area contributed by atoms with Crippen molar-refractivity contribution in [1.82, 2.24) is 5.32 Å². The molecule has 5 heteroatoms. The summed E-state index contributed by atoms with van der Waals surface area (Å²) in [5, 5.41) is 13.2. The lowest BCUT2D eigenvalue weighted by Crippen LogP contribution is -2.40. The van der Waals surface area contributed by atoms with Crippen LogP contribution in [-0.2, 0) is 10.4 Å². The summed E-state index contributed by atoms with van der Waals surface area (Å²) in [7, 11) is 1.60. The van der Waals surface area contributed by atoms with Crippen molar-refractivity contribution >= 4 is 5.91 Å². The molecule has 1 aromatic carbocycles. The molecule has 0 aliphatic heterocycles. The van der Waals surface area contributed by atoms with Gasteiger partial charge in [-0.25, -0.2) is 0 Å². The van der Waals surface area contributed by atoms with E-state index in [9.17, 15) is 9.90 Å². The Hall–Kier alpha value is -2.27. The van der Waals surface area contributed by atoms with Crippen LogP contribution >= 0.6 is 0 Å². The summed E-state index contributed by atoms with van der Waals surface area (Å²) in [6.45, 7) is 5.33. The first kappa shape index (κ1) is 17.1. The molecule has 0 spiro atoms. The van der Waals surface area contributed by atoms with E-state index in [1.807, 2.05) is 38.1 Å². The fourth-order valence-electron chi connectivity index (χ4n) is 2.27. The summed E-state index contributed by atoms with van der Waals surface area (Å²) < 4.78 is 10.5. The van der Waals surface area contributed by atoms with E-state index in [0.29, 0.717) is 5.76 Å². The molecule has 23 heavy (non-hydrogen) atoms. The lowest BCUT2D eigenvalue weighted by Gasteiger charge is -2.22. The number of aryl methyl sites for hydroxylation is 1. The van der Waals surface area contributed by atoms with Gasteiger partial charge < -0.3 is 19.6 Å². The van der Waals surface area contributed by atoms with Crippen LogP contribution in [0.15, 0.2) is 40.8 Å². The minimum absolute atomic E-state index is 0.0826. The van der Waals surface area contributed by atoms with Crippen LogP contribution in [0.25, 0.3) is 0 Å². The van der Waals surface area contributed by atoms with Crippen molar-refractivity contribution in [1.29, 1.82) is 0 Å². The molecular formula is C18H23NO4. The Labute approximate surface area is 136 Å². The van der Waals surface area contributed by atoms with E-state index in [0.717, 1.165) is 17.1 Å². The predicted molar refractivity (Wildman–Crippen MR) is 87.4 cm³/mol. The van der Waals surface area contributed by atoms with Crippen molar-refractivity contribution in [2.24, 2.45) is 0 Å². The highest BCUT2D eigenvalue weighted by molar-refractivity contribution is 5.83. The van der Waals surface area contributed by atoms with Crippen LogP contribution in [0.3, 0.4) is 0 Å². The fraction of sp³-hybridized carbons (Fsp3) is 0.389. The van der Waals surface area contributed by atoms with Crippen molar-refractivity contribution in [3.05, 3.63) is 53.5 Å². The van der Waals surface area contributed by atoms with Gasteiger partial charge in [0.1, 0.15) is 22.9 Å². The largest absolute Gasteiger partial charge is 0.497 e. The quantitative estimate of drug-likeness (QED) is 0.859. The maximum atomic E-state index is 12.3. The number of nitrogens with one attached hydrogen (secondary N) is 1. The third-order valence-corrected chi connectivity index (χ3v) is 3.89. The highest BCUT2D eigenvalue weighted by Gasteiger charge is 2.28. The van der Waals surface area contributed by atoms with E-state index in [4.69, 9.17) is 9.15 Å². The van der Waals surface area contributed by atoms with E-state index >= 15 is 0 Å². The standard InChI is InChI=1S/C18H23NO4/c1-12-5-10-16(23-12)18(3,21)11-19-17(20)13(2)14-6-8-15(22-4)9-7-14/h5-10,13,21H,11H2,1-4H3,(H,19,20). The molecule has 0 aliphatic carbocycles. The number of methoxy groups -OCH3 is 1. The Morgan fingerprint density at radius 3 is 2.48 bits per heavy atom. The number of ether oxygens (including phenoxy) is 1. The summed E-state index contributed by atoms with van der Waals surface area (Å²) in [4.78, 5) is 12.3. The molecule has 5 nitrogen and oxygen atoms in total. The number of carbonyl (C=O) groups is 1. The molecule has 1 heterocycles. The van der Waals surface area contributed by atoms with Gasteiger partial charge in [-0.05, 0) is 50.6 Å². The summed E-state index contributed by atoms with van der Waals surface area (Å²) in [5.74, 6) is 1.43. The molecule has 2 aromatic rings. The van der Waals surface area contributed by atoms with Crippen LogP contribution in [0.5, 0.6) is 5.75 Å². The predicted octanol–water partition coefficient (Wildman–Crippen LogP) is 2.72. The summed E-state index contributed by atoms with van der Waals surface area (Å²) in [6, 6.07) is 10.9. The molecule has 0 saturated heterocycles. The normalized spacial score (nSPS) is 14.8. The molecule has 2 unspecified atom stereocenters. The zero-order valence-corrected chi connectivity index (χ0v) is 13.9. The number of amides is 1. The molecule has 0 saturated carbocycles. The van der Waals surface area contributed by atoms with Crippen LogP contribution in [0.4, 0.5) is 0 Å². The van der Waals surface area contributed by atoms with Gasteiger partial charge in [-0.15, -0.1) is 0 Å². The lowest BCUT2D eigenvalue weighted by atomic mass is 9.99. The molecule has 1 amide bonds. The highest BCUT2D eigenvalue weighted by Crippen LogP contribution is 2.23. The van der Waals surface area contributed by atoms with Crippen LogP contribution in [0, 0.1) is 6.92 Å². The van der Waals surface area contributed by atoms with Crippen LogP contribution < -0.4 is 10.1 Å². The van der Waals surface area contributed by atoms with E-state index in [1.54, 1.807) is 26.2 Å². The molecule has 0 fully saturated rings. The zero-order chi connectivity index (χ0) is 17.0. The van der Waals surface area contributed by atoms with Crippen molar-refractivity contribution in [2.45, 2.75) is 32.3 Å². The second-order valence-electron chi connectivity index (χ2n) is 5.90. The third-order valence-electron chi connectivity index (χ3n) is 3.89. The number of aliphatic hydroxyl groups is 1. The maximum Gasteiger partial charge on any atom is 0.227 e. The van der Waals surface area contributed by atoms with Gasteiger partial charge in [0.15, 0.2) is 0 Å². The minimum Gasteiger partial charge on any atom is -0.497 e. The average Bonchev–Trinajstić information content (AvgIpc) is 2.99. The van der Waals surface area contributed by atoms with Crippen molar-refractivity contribution < 1.29 is 19.1 Å². The van der Waals surface area contributed by atoms with Gasteiger partial charge >= 0.3 is 0 Å². The summed E-state index contributed by atoms with van der Waals surface area (Å²) >= 11 is 0. The molecule has 1 aromatic heterocycles. The van der Waals surface area contributed by atoms with Gasteiger partial charge in [-0.2, -0.15) is 0 Å². The van der Waals surface area contributed by atoms with Crippen LogP contribution in [0.2, 0.25) is 0 Å². The fourth-order valence-corrected chi connectivity index (χ4v) is 2.27. The Bertz CT molecular complexity index is 658. The number of rotatable bonds is 6. The first-order valence-electron chi connectivity index (χ1n) is 7.54. The van der Waals surface area contributed by atoms with Crippen molar-refractivity contribution in [3.8, 4) is 5.75 Å². The SMILES string of the molecule is COc1ccc(C(C)C(=O)NCC(C)(O)c2ccc(C)o2)cc1. The Kier molecular flexibility index (Phi) is 5.11. The van der Waals surface area contributed by atoms with Crippen molar-refractivity contribution in [3.63, 3.8) is 0 Å². The topological polar surface area (TPSA) is 71.7 Å². The van der Waals surface area contributed by atoms with Gasteiger partial charge in [-0.3, -0.25) is 4.79 Å². The monoisotopic (exact) mass is 317 g/mol. The van der Waals surface area contributed by atoms with Gasteiger partial charge in [-0.1, -0.05) is 12.1 Å². The molecule has 0 bridgehead atoms. The number of hydrogen-bond acceptors (Lipinski definition) is 4. The molecule has 0 aliphatic rings. The van der Waals surface area contributed by atoms with Gasteiger partial charge in [0, 0.05) is 0 Å². The lowest BCUT2D eigenvalue weighted by molar-refractivity contribution is -0.123. The highest BCUT2D eigenvalue weighted by atomic mass is 16.5. The smallest absolute Gasteiger partial charge is 0.227 e. The van der Waals surface area contributed by atoms with E-state index in [-0.39, 0.29) is 18.4 Å². The molecule has 124 valence electrons. The van der Waals surface area contributed by atoms with Gasteiger partial charge in [0.25, 0.3) is 0 Å². The van der Waals surface area contributed by atoms with Gasteiger partial charge in [0.2, 0.25) is 5.91 Å². The molecule has 2 N–H and O–H groups in total. The molecule has 0 radical (unpaired) electrons. The molecular weight excluding hydrogens is 294 g/mol. The number of carbonyl (C=O) groups excluding carboxylic acids is 1. The zero-order valence-electron chi connectivity index (χ0n) is 13.9. The van der Waals surface area contributed by atoms with Gasteiger partial charge in [0.05, 0.1) is 19.6 Å². The number of hydrogen-bond donors (Lipinski definition) is 2. The minimum atomic E-state index is -1.25.